The lowest BCUT2D eigenvalue weighted by atomic mass is 10.2. The van der Waals surface area contributed by atoms with Gasteiger partial charge in [0.1, 0.15) is 0 Å². The van der Waals surface area contributed by atoms with Gasteiger partial charge in [-0.1, -0.05) is 0 Å². The van der Waals surface area contributed by atoms with E-state index in [2.05, 4.69) is 11.2 Å². The van der Waals surface area contributed by atoms with Crippen LogP contribution in [0.25, 0.3) is 0 Å². The van der Waals surface area contributed by atoms with Gasteiger partial charge >= 0.3 is 0 Å². The van der Waals surface area contributed by atoms with Crippen LogP contribution in [0.2, 0.25) is 0 Å². The molecule has 0 fully saturated rings. The summed E-state index contributed by atoms with van der Waals surface area (Å²) < 4.78 is 0. The van der Waals surface area contributed by atoms with Gasteiger partial charge in [-0.25, -0.2) is 0 Å². The van der Waals surface area contributed by atoms with Crippen LogP contribution in [0.1, 0.15) is 13.3 Å². The first-order valence-electron chi connectivity index (χ1n) is 2.44. The van der Waals surface area contributed by atoms with Crippen molar-refractivity contribution in [1.82, 2.24) is 5.32 Å². The molecule has 0 radical (unpaired) electrons. The number of hydrogen-bond acceptors (Lipinski definition) is 1. The van der Waals surface area contributed by atoms with Gasteiger partial charge in [0.25, 0.3) is 0 Å². The molecule has 0 aliphatic heterocycles. The van der Waals surface area contributed by atoms with E-state index in [-0.39, 0.29) is 6.04 Å². The molecule has 2 heteroatoms. The third-order valence-corrected chi connectivity index (χ3v) is 0.777. The van der Waals surface area contributed by atoms with E-state index in [4.69, 9.17) is 6.42 Å². The van der Waals surface area contributed by atoms with Crippen LogP contribution in [0.4, 0.5) is 0 Å². The van der Waals surface area contributed by atoms with E-state index in [1.807, 2.05) is 6.92 Å². The number of terminal acetylenes is 1. The lowest BCUT2D eigenvalue weighted by Crippen LogP contribution is -2.23. The Kier molecular flexibility index (Phi) is 3.69. The SMILES string of the molecule is C#CCC(C)NC=O. The molecule has 2 nitrogen and oxygen atoms in total. The molecule has 0 aromatic heterocycles. The number of amides is 1. The highest BCUT2D eigenvalue weighted by Crippen LogP contribution is 1.83. The fraction of sp³-hybridized carbons (Fsp3) is 0.500. The van der Waals surface area contributed by atoms with Gasteiger partial charge in [-0.2, -0.15) is 0 Å². The minimum absolute atomic E-state index is 0.109. The van der Waals surface area contributed by atoms with Crippen molar-refractivity contribution in [2.75, 3.05) is 0 Å². The second-order valence-electron chi connectivity index (χ2n) is 1.59. The molecule has 0 aliphatic carbocycles. The second-order valence-corrected chi connectivity index (χ2v) is 1.59. The van der Waals surface area contributed by atoms with E-state index in [9.17, 15) is 4.79 Å². The topological polar surface area (TPSA) is 29.1 Å². The van der Waals surface area contributed by atoms with E-state index < -0.39 is 0 Å². The van der Waals surface area contributed by atoms with Gasteiger partial charge < -0.3 is 5.32 Å². The summed E-state index contributed by atoms with van der Waals surface area (Å²) in [5, 5.41) is 2.52. The zero-order valence-electron chi connectivity index (χ0n) is 4.85. The predicted molar refractivity (Wildman–Crippen MR) is 32.1 cm³/mol. The Bertz CT molecular complexity index is 104. The number of carbonyl (C=O) groups excluding carboxylic acids is 1. The molecule has 1 unspecified atom stereocenters. The Morgan fingerprint density at radius 2 is 2.62 bits per heavy atom. The molecule has 0 bridgehead atoms. The number of hydrogen-bond donors (Lipinski definition) is 1. The molecular weight excluding hydrogens is 102 g/mol. The zero-order valence-corrected chi connectivity index (χ0v) is 4.85. The standard InChI is InChI=1S/C6H9NO/c1-3-4-6(2)7-5-8/h1,5-6H,4H2,2H3,(H,7,8). The van der Waals surface area contributed by atoms with Crippen LogP contribution in [0.15, 0.2) is 0 Å². The molecule has 1 atom stereocenters. The third kappa shape index (κ3) is 3.23. The Labute approximate surface area is 49.3 Å². The van der Waals surface area contributed by atoms with Crippen molar-refractivity contribution in [3.05, 3.63) is 0 Å². The van der Waals surface area contributed by atoms with Gasteiger partial charge in [0.2, 0.25) is 6.41 Å². The molecule has 0 saturated carbocycles. The molecule has 0 aromatic carbocycles. The number of nitrogens with one attached hydrogen (secondary N) is 1. The normalized spacial score (nSPS) is 11.5. The maximum Gasteiger partial charge on any atom is 0.207 e. The van der Waals surface area contributed by atoms with E-state index in [1.165, 1.54) is 0 Å². The van der Waals surface area contributed by atoms with Crippen LogP contribution in [0.3, 0.4) is 0 Å². The van der Waals surface area contributed by atoms with Crippen molar-refractivity contribution in [3.8, 4) is 12.3 Å². The van der Waals surface area contributed by atoms with Gasteiger partial charge in [0.05, 0.1) is 0 Å². The van der Waals surface area contributed by atoms with Crippen molar-refractivity contribution in [2.45, 2.75) is 19.4 Å². The van der Waals surface area contributed by atoms with Crippen LogP contribution in [-0.4, -0.2) is 12.5 Å². The van der Waals surface area contributed by atoms with Crippen LogP contribution in [0, 0.1) is 12.3 Å². The summed E-state index contributed by atoms with van der Waals surface area (Å²) in [5.74, 6) is 2.43. The molecule has 0 spiro atoms. The molecular formula is C6H9NO. The average Bonchev–Trinajstić information content (AvgIpc) is 1.68. The highest BCUT2D eigenvalue weighted by Gasteiger charge is 1.92. The second kappa shape index (κ2) is 4.20. The molecule has 0 rings (SSSR count). The first kappa shape index (κ1) is 7.03. The summed E-state index contributed by atoms with van der Waals surface area (Å²) in [6, 6.07) is 0.109. The van der Waals surface area contributed by atoms with Crippen LogP contribution < -0.4 is 5.32 Å². The maximum absolute atomic E-state index is 9.71. The quantitative estimate of drug-likeness (QED) is 0.407. The minimum Gasteiger partial charge on any atom is -0.355 e. The summed E-state index contributed by atoms with van der Waals surface area (Å²) in [4.78, 5) is 9.71. The largest absolute Gasteiger partial charge is 0.355 e. The lowest BCUT2D eigenvalue weighted by Gasteiger charge is -2.02. The van der Waals surface area contributed by atoms with E-state index in [0.717, 1.165) is 0 Å². The molecule has 0 aromatic rings. The van der Waals surface area contributed by atoms with Crippen molar-refractivity contribution >= 4 is 6.41 Å². The minimum atomic E-state index is 0.109. The highest BCUT2D eigenvalue weighted by atomic mass is 16.1. The van der Waals surface area contributed by atoms with Gasteiger partial charge in [-0.3, -0.25) is 4.79 Å². The smallest absolute Gasteiger partial charge is 0.207 e. The Morgan fingerprint density at radius 3 is 3.00 bits per heavy atom. The summed E-state index contributed by atoms with van der Waals surface area (Å²) >= 11 is 0. The van der Waals surface area contributed by atoms with E-state index in [0.29, 0.717) is 12.8 Å². The number of carbonyl (C=O) groups is 1. The first-order valence-corrected chi connectivity index (χ1v) is 2.44. The monoisotopic (exact) mass is 111 g/mol. The van der Waals surface area contributed by atoms with Crippen molar-refractivity contribution in [3.63, 3.8) is 0 Å². The van der Waals surface area contributed by atoms with Gasteiger partial charge in [0.15, 0.2) is 0 Å². The molecule has 1 amide bonds. The average molecular weight is 111 g/mol. The fourth-order valence-electron chi connectivity index (χ4n) is 0.352. The Balaban J connectivity index is 3.20. The lowest BCUT2D eigenvalue weighted by molar-refractivity contribution is -0.110. The Hall–Kier alpha value is -0.970. The molecule has 44 valence electrons. The highest BCUT2D eigenvalue weighted by molar-refractivity contribution is 5.46. The molecule has 1 N–H and O–H groups in total. The first-order chi connectivity index (χ1) is 3.81. The van der Waals surface area contributed by atoms with E-state index in [1.54, 1.807) is 0 Å². The predicted octanol–water partition coefficient (Wildman–Crippen LogP) is 0.144. The fourth-order valence-corrected chi connectivity index (χ4v) is 0.352. The van der Waals surface area contributed by atoms with E-state index >= 15 is 0 Å². The van der Waals surface area contributed by atoms with Crippen molar-refractivity contribution in [1.29, 1.82) is 0 Å². The van der Waals surface area contributed by atoms with Crippen LogP contribution in [0.5, 0.6) is 0 Å². The van der Waals surface area contributed by atoms with Crippen LogP contribution >= 0.6 is 0 Å². The van der Waals surface area contributed by atoms with Gasteiger partial charge in [-0.05, 0) is 6.92 Å². The Morgan fingerprint density at radius 1 is 2.00 bits per heavy atom. The molecule has 0 heterocycles. The summed E-state index contributed by atoms with van der Waals surface area (Å²) in [5.41, 5.74) is 0. The zero-order chi connectivity index (χ0) is 6.41. The third-order valence-electron chi connectivity index (χ3n) is 0.777. The molecule has 0 saturated heterocycles. The van der Waals surface area contributed by atoms with Crippen molar-refractivity contribution < 1.29 is 4.79 Å². The van der Waals surface area contributed by atoms with Crippen LogP contribution in [-0.2, 0) is 4.79 Å². The summed E-state index contributed by atoms with van der Waals surface area (Å²) in [6.45, 7) is 1.86. The van der Waals surface area contributed by atoms with Gasteiger partial charge in [0, 0.05) is 12.5 Å². The summed E-state index contributed by atoms with van der Waals surface area (Å²) in [7, 11) is 0. The molecule has 8 heavy (non-hydrogen) atoms. The molecule has 0 aliphatic rings. The maximum atomic E-state index is 9.71. The number of rotatable bonds is 3. The van der Waals surface area contributed by atoms with Crippen molar-refractivity contribution in [2.24, 2.45) is 0 Å². The summed E-state index contributed by atoms with van der Waals surface area (Å²) in [6.07, 6.45) is 6.20. The van der Waals surface area contributed by atoms with Gasteiger partial charge in [-0.15, -0.1) is 12.3 Å².